The smallest absolute Gasteiger partial charge is 0.125 e. The molecule has 4 rings (SSSR count). The number of nitrogens with one attached hydrogen (secondary N) is 1. The van der Waals surface area contributed by atoms with E-state index < -0.39 is 0 Å². The summed E-state index contributed by atoms with van der Waals surface area (Å²) in [6.45, 7) is 2.80. The number of ether oxygens (including phenoxy) is 1. The number of halogens is 1. The molecule has 2 nitrogen and oxygen atoms in total. The molecule has 3 heteroatoms. The molecular weight excluding hydrogens is 282 g/mol. The van der Waals surface area contributed by atoms with Crippen molar-refractivity contribution in [2.75, 3.05) is 19.7 Å². The van der Waals surface area contributed by atoms with E-state index in [1.54, 1.807) is 0 Å². The van der Waals surface area contributed by atoms with Crippen LogP contribution in [0.2, 0.25) is 5.02 Å². The number of fused-ring (bicyclic) bond motifs is 1. The van der Waals surface area contributed by atoms with Gasteiger partial charge in [0.1, 0.15) is 5.75 Å². The summed E-state index contributed by atoms with van der Waals surface area (Å²) >= 11 is 6.29. The highest BCUT2D eigenvalue weighted by Gasteiger charge is 2.39. The average Bonchev–Trinajstić information content (AvgIpc) is 2.92. The lowest BCUT2D eigenvalue weighted by Gasteiger charge is -2.43. The molecule has 21 heavy (non-hydrogen) atoms. The fraction of sp³-hybridized carbons (Fsp3) is 0.333. The molecule has 2 aromatic rings. The van der Waals surface area contributed by atoms with E-state index in [1.807, 2.05) is 6.07 Å². The molecule has 0 spiro atoms. The minimum Gasteiger partial charge on any atom is -0.493 e. The second-order valence-electron chi connectivity index (χ2n) is 6.08. The van der Waals surface area contributed by atoms with Crippen molar-refractivity contribution in [3.8, 4) is 5.75 Å². The Hall–Kier alpha value is -1.51. The van der Waals surface area contributed by atoms with Crippen LogP contribution in [0.3, 0.4) is 0 Å². The zero-order valence-corrected chi connectivity index (χ0v) is 12.6. The van der Waals surface area contributed by atoms with Gasteiger partial charge in [-0.1, -0.05) is 41.9 Å². The maximum absolute atomic E-state index is 6.29. The molecule has 1 N–H and O–H groups in total. The highest BCUT2D eigenvalue weighted by molar-refractivity contribution is 6.30. The lowest BCUT2D eigenvalue weighted by molar-refractivity contribution is 0.270. The molecule has 1 saturated heterocycles. The third-order valence-electron chi connectivity index (χ3n) is 4.67. The van der Waals surface area contributed by atoms with Gasteiger partial charge in [0.15, 0.2) is 0 Å². The Morgan fingerprint density at radius 2 is 1.95 bits per heavy atom. The largest absolute Gasteiger partial charge is 0.493 e. The lowest BCUT2D eigenvalue weighted by atomic mass is 9.71. The summed E-state index contributed by atoms with van der Waals surface area (Å²) in [5.41, 5.74) is 4.08. The number of hydrogen-bond donors (Lipinski definition) is 1. The van der Waals surface area contributed by atoms with E-state index in [-0.39, 0.29) is 5.41 Å². The number of hydrogen-bond acceptors (Lipinski definition) is 2. The van der Waals surface area contributed by atoms with Gasteiger partial charge >= 0.3 is 0 Å². The lowest BCUT2D eigenvalue weighted by Crippen LogP contribution is -2.58. The van der Waals surface area contributed by atoms with E-state index in [1.165, 1.54) is 16.7 Å². The van der Waals surface area contributed by atoms with Gasteiger partial charge in [0, 0.05) is 29.9 Å². The first-order chi connectivity index (χ1) is 10.3. The first kappa shape index (κ1) is 13.2. The standard InChI is InChI=1S/C18H18ClNO/c19-16-8-13-6-7-21-17(13)14(9-16)10-18(11-20-12-18)15-4-2-1-3-5-15/h1-5,8-9,20H,6-7,10-12H2. The quantitative estimate of drug-likeness (QED) is 0.938. The zero-order chi connectivity index (χ0) is 14.3. The van der Waals surface area contributed by atoms with E-state index in [0.717, 1.165) is 43.3 Å². The Morgan fingerprint density at radius 3 is 2.67 bits per heavy atom. The zero-order valence-electron chi connectivity index (χ0n) is 11.9. The molecule has 2 aromatic carbocycles. The van der Waals surface area contributed by atoms with Crippen molar-refractivity contribution in [2.24, 2.45) is 0 Å². The van der Waals surface area contributed by atoms with Crippen molar-refractivity contribution in [2.45, 2.75) is 18.3 Å². The highest BCUT2D eigenvalue weighted by Crippen LogP contribution is 2.39. The van der Waals surface area contributed by atoms with E-state index in [0.29, 0.717) is 0 Å². The topological polar surface area (TPSA) is 21.3 Å². The molecule has 0 atom stereocenters. The van der Waals surface area contributed by atoms with E-state index >= 15 is 0 Å². The molecule has 0 bridgehead atoms. The molecule has 1 fully saturated rings. The molecule has 0 saturated carbocycles. The Bertz CT molecular complexity index is 664. The minimum absolute atomic E-state index is 0.172. The van der Waals surface area contributed by atoms with Crippen LogP contribution >= 0.6 is 11.6 Å². The molecule has 108 valence electrons. The van der Waals surface area contributed by atoms with Crippen LogP contribution in [0.15, 0.2) is 42.5 Å². The fourth-order valence-electron chi connectivity index (χ4n) is 3.49. The van der Waals surface area contributed by atoms with Gasteiger partial charge in [-0.25, -0.2) is 0 Å². The molecule has 0 amide bonds. The van der Waals surface area contributed by atoms with Crippen LogP contribution in [0, 0.1) is 0 Å². The predicted molar refractivity (Wildman–Crippen MR) is 85.3 cm³/mol. The normalized spacial score (nSPS) is 18.7. The summed E-state index contributed by atoms with van der Waals surface area (Å²) in [4.78, 5) is 0. The van der Waals surface area contributed by atoms with Crippen LogP contribution in [0.4, 0.5) is 0 Å². The van der Waals surface area contributed by atoms with Crippen molar-refractivity contribution in [1.29, 1.82) is 0 Å². The summed E-state index contributed by atoms with van der Waals surface area (Å²) in [7, 11) is 0. The Morgan fingerprint density at radius 1 is 1.14 bits per heavy atom. The van der Waals surface area contributed by atoms with Crippen LogP contribution in [-0.4, -0.2) is 19.7 Å². The van der Waals surface area contributed by atoms with Gasteiger partial charge in [0.25, 0.3) is 0 Å². The summed E-state index contributed by atoms with van der Waals surface area (Å²) in [5, 5.41) is 4.25. The van der Waals surface area contributed by atoms with Crippen LogP contribution in [0.1, 0.15) is 16.7 Å². The van der Waals surface area contributed by atoms with E-state index in [9.17, 15) is 0 Å². The third-order valence-corrected chi connectivity index (χ3v) is 4.89. The molecule has 2 aliphatic heterocycles. The number of benzene rings is 2. The van der Waals surface area contributed by atoms with Gasteiger partial charge < -0.3 is 10.1 Å². The summed E-state index contributed by atoms with van der Waals surface area (Å²) in [6, 6.07) is 14.9. The fourth-order valence-corrected chi connectivity index (χ4v) is 3.75. The Kier molecular flexibility index (Phi) is 3.16. The van der Waals surface area contributed by atoms with Crippen molar-refractivity contribution in [1.82, 2.24) is 5.32 Å². The van der Waals surface area contributed by atoms with Crippen LogP contribution in [-0.2, 0) is 18.3 Å². The molecule has 2 aliphatic rings. The molecular formula is C18H18ClNO. The van der Waals surface area contributed by atoms with Gasteiger partial charge in [0.05, 0.1) is 6.61 Å². The van der Waals surface area contributed by atoms with Crippen LogP contribution < -0.4 is 10.1 Å². The van der Waals surface area contributed by atoms with Gasteiger partial charge in [-0.2, -0.15) is 0 Å². The maximum atomic E-state index is 6.29. The Balaban J connectivity index is 1.72. The van der Waals surface area contributed by atoms with Gasteiger partial charge in [-0.05, 0) is 35.2 Å². The van der Waals surface area contributed by atoms with Crippen molar-refractivity contribution in [3.63, 3.8) is 0 Å². The van der Waals surface area contributed by atoms with Gasteiger partial charge in [-0.3, -0.25) is 0 Å². The van der Waals surface area contributed by atoms with E-state index in [2.05, 4.69) is 41.7 Å². The molecule has 0 radical (unpaired) electrons. The SMILES string of the molecule is Clc1cc2c(c(CC3(c4ccccc4)CNC3)c1)OCC2. The monoisotopic (exact) mass is 299 g/mol. The second kappa shape index (κ2) is 5.04. The minimum atomic E-state index is 0.172. The van der Waals surface area contributed by atoms with Crippen molar-refractivity contribution in [3.05, 3.63) is 64.2 Å². The highest BCUT2D eigenvalue weighted by atomic mass is 35.5. The van der Waals surface area contributed by atoms with E-state index in [4.69, 9.17) is 16.3 Å². The third kappa shape index (κ3) is 2.23. The predicted octanol–water partition coefficient (Wildman–Crippen LogP) is 3.36. The Labute approximate surface area is 130 Å². The molecule has 0 aliphatic carbocycles. The summed E-state index contributed by atoms with van der Waals surface area (Å²) in [5.74, 6) is 1.07. The molecule has 0 aromatic heterocycles. The average molecular weight is 300 g/mol. The van der Waals surface area contributed by atoms with Gasteiger partial charge in [-0.15, -0.1) is 0 Å². The summed E-state index contributed by atoms with van der Waals surface area (Å²) in [6.07, 6.45) is 1.95. The second-order valence-corrected chi connectivity index (χ2v) is 6.51. The summed E-state index contributed by atoms with van der Waals surface area (Å²) < 4.78 is 5.86. The van der Waals surface area contributed by atoms with Crippen LogP contribution in [0.5, 0.6) is 5.75 Å². The maximum Gasteiger partial charge on any atom is 0.125 e. The van der Waals surface area contributed by atoms with Crippen LogP contribution in [0.25, 0.3) is 0 Å². The first-order valence-corrected chi connectivity index (χ1v) is 7.85. The van der Waals surface area contributed by atoms with Gasteiger partial charge in [0.2, 0.25) is 0 Å². The molecule has 2 heterocycles. The van der Waals surface area contributed by atoms with Crippen molar-refractivity contribution >= 4 is 11.6 Å². The van der Waals surface area contributed by atoms with Crippen molar-refractivity contribution < 1.29 is 4.74 Å². The number of rotatable bonds is 3. The first-order valence-electron chi connectivity index (χ1n) is 7.47. The molecule has 0 unspecified atom stereocenters.